The fraction of sp³-hybridized carbons (Fsp3) is 0.341. The average molecular weight is 803 g/mol. The van der Waals surface area contributed by atoms with Crippen LogP contribution in [0.25, 0.3) is 0 Å². The molecule has 2 aromatic rings. The molecular weight excluding hydrogens is 757 g/mol. The monoisotopic (exact) mass is 802 g/mol. The molecule has 1 saturated carbocycles. The molecule has 2 aliphatic heterocycles. The Bertz CT molecular complexity index is 2200. The number of nitrogens with zero attached hydrogens (tertiary/aromatic N) is 2. The van der Waals surface area contributed by atoms with Crippen molar-refractivity contribution in [2.45, 2.75) is 64.2 Å². The Morgan fingerprint density at radius 1 is 0.661 bits per heavy atom. The zero-order chi connectivity index (χ0) is 41.2. The second-order valence-corrected chi connectivity index (χ2v) is 18.1. The van der Waals surface area contributed by atoms with Gasteiger partial charge in [-0.25, -0.2) is 16.8 Å². The maximum absolute atomic E-state index is 13.3. The first-order valence-electron chi connectivity index (χ1n) is 18.1. The van der Waals surface area contributed by atoms with Crippen molar-refractivity contribution in [3.8, 4) is 0 Å². The molecule has 5 rings (SSSR count). The topological polar surface area (TPSA) is 224 Å². The number of benzene rings is 2. The minimum Gasteiger partial charge on any atom is -0.748 e. The molecule has 2 aromatic carbocycles. The van der Waals surface area contributed by atoms with Crippen molar-refractivity contribution >= 4 is 49.2 Å². The number of primary amides is 2. The molecule has 13 nitrogen and oxygen atoms in total. The highest BCUT2D eigenvalue weighted by Crippen LogP contribution is 2.49. The molecule has 4 N–H and O–H groups in total. The minimum absolute atomic E-state index is 0.0827. The molecule has 2 heterocycles. The van der Waals surface area contributed by atoms with Crippen molar-refractivity contribution in [3.05, 3.63) is 130 Å². The number of rotatable bonds is 14. The molecule has 298 valence electrons. The summed E-state index contributed by atoms with van der Waals surface area (Å²) in [5, 5.41) is 0. The number of hydrogen-bond donors (Lipinski definition) is 2. The third kappa shape index (κ3) is 9.29. The summed E-state index contributed by atoms with van der Waals surface area (Å²) in [5.74, 6) is -2.25. The molecule has 0 aromatic heterocycles. The number of nitrogens with two attached hydrogens (primary N) is 2. The number of Topliss-reactive ketones (excluding diaryl/α,β-unsaturated/α-hetero) is 1. The van der Waals surface area contributed by atoms with Gasteiger partial charge in [-0.2, -0.15) is 0 Å². The van der Waals surface area contributed by atoms with E-state index in [1.54, 1.807) is 72.9 Å². The second-order valence-electron chi connectivity index (χ2n) is 15.1. The van der Waals surface area contributed by atoms with Crippen LogP contribution in [0, 0.1) is 0 Å². The third-order valence-corrected chi connectivity index (χ3v) is 12.1. The van der Waals surface area contributed by atoms with E-state index in [1.165, 1.54) is 0 Å². The van der Waals surface area contributed by atoms with Crippen LogP contribution in [0.5, 0.6) is 0 Å². The summed E-state index contributed by atoms with van der Waals surface area (Å²) >= 11 is 0. The Morgan fingerprint density at radius 3 is 1.36 bits per heavy atom. The summed E-state index contributed by atoms with van der Waals surface area (Å²) in [6, 6.07) is 10.2. The summed E-state index contributed by atoms with van der Waals surface area (Å²) in [4.78, 5) is 41.0. The molecular formula is C41H46N4O9S2-2. The van der Waals surface area contributed by atoms with Gasteiger partial charge in [0.15, 0.2) is 5.78 Å². The number of anilines is 2. The summed E-state index contributed by atoms with van der Waals surface area (Å²) < 4.78 is 67.9. The van der Waals surface area contributed by atoms with Crippen molar-refractivity contribution in [2.75, 3.05) is 34.4 Å². The summed E-state index contributed by atoms with van der Waals surface area (Å²) in [7, 11) is -8.80. The number of allylic oxidation sites excluding steroid dienone is 12. The molecule has 0 unspecified atom stereocenters. The van der Waals surface area contributed by atoms with Gasteiger partial charge in [-0.05, 0) is 85.4 Å². The number of ketones is 1. The Labute approximate surface area is 328 Å². The number of hydrogen-bond acceptors (Lipinski definition) is 11. The van der Waals surface area contributed by atoms with E-state index in [0.717, 1.165) is 33.9 Å². The zero-order valence-electron chi connectivity index (χ0n) is 31.8. The van der Waals surface area contributed by atoms with Crippen molar-refractivity contribution < 1.29 is 40.3 Å². The Hall–Kier alpha value is -5.09. The van der Waals surface area contributed by atoms with E-state index in [-0.39, 0.29) is 31.7 Å². The van der Waals surface area contributed by atoms with Crippen molar-refractivity contribution in [1.82, 2.24) is 0 Å². The van der Waals surface area contributed by atoms with Crippen LogP contribution >= 0.6 is 0 Å². The first-order valence-corrected chi connectivity index (χ1v) is 21.3. The van der Waals surface area contributed by atoms with Crippen LogP contribution in [0.2, 0.25) is 0 Å². The van der Waals surface area contributed by atoms with E-state index in [0.29, 0.717) is 35.1 Å². The third-order valence-electron chi connectivity index (χ3n) is 10.5. The molecule has 15 heteroatoms. The maximum Gasteiger partial charge on any atom is 0.248 e. The number of carbonyl (C=O) groups is 3. The number of carbonyl (C=O) groups excluding carboxylic acids is 3. The fourth-order valence-corrected chi connectivity index (χ4v) is 8.56. The van der Waals surface area contributed by atoms with Gasteiger partial charge >= 0.3 is 0 Å². The SMILES string of the molecule is CC1(C)C(=CC=CC=C2CCC(=CC=CC=C3N(CCCS(=O)(=O)[O-])c4ccc(C(N)=O)cc4C3(C)C)C2=O)N(CCCS(=O)(=O)[O-])c2ccc(C(N)=O)cc21. The predicted octanol–water partition coefficient (Wildman–Crippen LogP) is 4.75. The molecule has 0 radical (unpaired) electrons. The lowest BCUT2D eigenvalue weighted by Gasteiger charge is -2.27. The van der Waals surface area contributed by atoms with Gasteiger partial charge in [0.05, 0.1) is 20.2 Å². The molecule has 0 bridgehead atoms. The lowest BCUT2D eigenvalue weighted by molar-refractivity contribution is -0.111. The highest BCUT2D eigenvalue weighted by atomic mass is 32.2. The van der Waals surface area contributed by atoms with Crippen LogP contribution in [0.15, 0.2) is 108 Å². The van der Waals surface area contributed by atoms with Crippen LogP contribution in [0.4, 0.5) is 11.4 Å². The molecule has 2 amide bonds. The van der Waals surface area contributed by atoms with Crippen LogP contribution in [0.3, 0.4) is 0 Å². The second kappa shape index (κ2) is 16.2. The molecule has 0 atom stereocenters. The van der Waals surface area contributed by atoms with Gasteiger partial charge in [-0.15, -0.1) is 0 Å². The van der Waals surface area contributed by atoms with Gasteiger partial charge in [0, 0.05) is 80.5 Å². The average Bonchev–Trinajstić information content (AvgIpc) is 3.63. The lowest BCUT2D eigenvalue weighted by atomic mass is 9.83. The molecule has 56 heavy (non-hydrogen) atoms. The van der Waals surface area contributed by atoms with Crippen LogP contribution in [-0.4, -0.2) is 68.1 Å². The number of amides is 2. The number of fused-ring (bicyclic) bond motifs is 2. The van der Waals surface area contributed by atoms with Crippen LogP contribution < -0.4 is 21.3 Å². The Kier molecular flexibility index (Phi) is 12.2. The minimum atomic E-state index is -4.40. The first-order chi connectivity index (χ1) is 26.1. The molecule has 1 fully saturated rings. The van der Waals surface area contributed by atoms with Gasteiger partial charge in [0.25, 0.3) is 0 Å². The zero-order valence-corrected chi connectivity index (χ0v) is 33.4. The predicted molar refractivity (Wildman–Crippen MR) is 214 cm³/mol. The summed E-state index contributed by atoms with van der Waals surface area (Å²) in [6.07, 6.45) is 15.7. The van der Waals surface area contributed by atoms with E-state index in [2.05, 4.69) is 0 Å². The first kappa shape index (κ1) is 42.1. The maximum atomic E-state index is 13.3. The van der Waals surface area contributed by atoms with Crippen LogP contribution in [-0.2, 0) is 35.9 Å². The van der Waals surface area contributed by atoms with E-state index < -0.39 is 54.4 Å². The van der Waals surface area contributed by atoms with Gasteiger partial charge in [0.1, 0.15) is 0 Å². The fourth-order valence-electron chi connectivity index (χ4n) is 7.60. The van der Waals surface area contributed by atoms with Crippen molar-refractivity contribution in [3.63, 3.8) is 0 Å². The van der Waals surface area contributed by atoms with Crippen molar-refractivity contribution in [1.29, 1.82) is 0 Å². The lowest BCUT2D eigenvalue weighted by Crippen LogP contribution is -2.28. The molecule has 3 aliphatic rings. The Balaban J connectivity index is 1.33. The highest BCUT2D eigenvalue weighted by Gasteiger charge is 2.41. The normalized spacial score (nSPS) is 20.7. The van der Waals surface area contributed by atoms with E-state index >= 15 is 0 Å². The largest absolute Gasteiger partial charge is 0.748 e. The molecule has 0 spiro atoms. The highest BCUT2D eigenvalue weighted by molar-refractivity contribution is 7.85. The molecule has 0 saturated heterocycles. The summed E-state index contributed by atoms with van der Waals surface area (Å²) in [6.45, 7) is 8.43. The standard InChI is InChI=1S/C41H48N4O9S2/c1-40(2)31-25-29(38(42)47)17-19-33(31)44(21-9-23-55(49,50)51)35(40)13-7-5-11-27-15-16-28(37(27)46)12-6-8-14-36-41(3,4)32-26-30(39(43)48)18-20-34(32)45(36)22-10-24-56(52,53)54/h5-8,11-14,17-20,25-26H,9-10,15-16,21-24H2,1-4H3,(H2,42,47)(H2,43,48)(H,49,50,51)(H,52,53,54)/p-2. The van der Waals surface area contributed by atoms with Gasteiger partial charge in [0.2, 0.25) is 11.8 Å². The quantitative estimate of drug-likeness (QED) is 0.196. The van der Waals surface area contributed by atoms with Gasteiger partial charge < -0.3 is 30.4 Å². The van der Waals surface area contributed by atoms with E-state index in [9.17, 15) is 40.3 Å². The van der Waals surface area contributed by atoms with Crippen molar-refractivity contribution in [2.24, 2.45) is 11.5 Å². The molecule has 1 aliphatic carbocycles. The van der Waals surface area contributed by atoms with Gasteiger partial charge in [-0.1, -0.05) is 64.2 Å². The van der Waals surface area contributed by atoms with E-state index in [4.69, 9.17) is 11.5 Å². The Morgan fingerprint density at radius 2 is 1.02 bits per heavy atom. The van der Waals surface area contributed by atoms with Gasteiger partial charge in [-0.3, -0.25) is 14.4 Å². The summed E-state index contributed by atoms with van der Waals surface area (Å²) in [5.41, 5.74) is 16.7. The van der Waals surface area contributed by atoms with E-state index in [1.807, 2.05) is 49.6 Å². The smallest absolute Gasteiger partial charge is 0.248 e. The van der Waals surface area contributed by atoms with Crippen LogP contribution in [0.1, 0.15) is 85.2 Å².